The van der Waals surface area contributed by atoms with E-state index in [0.29, 0.717) is 45.4 Å². The van der Waals surface area contributed by atoms with Gasteiger partial charge in [-0.3, -0.25) is 14.5 Å². The maximum Gasteiger partial charge on any atom is 0.219 e. The monoisotopic (exact) mass is 527 g/mol. The third-order valence-electron chi connectivity index (χ3n) is 6.61. The first kappa shape index (κ1) is 24.9. The molecule has 1 atom stereocenters. The number of ketones is 2. The van der Waals surface area contributed by atoms with Crippen LogP contribution in [0.4, 0.5) is 5.13 Å². The van der Waals surface area contributed by atoms with Gasteiger partial charge in [-0.15, -0.1) is 10.2 Å². The van der Waals surface area contributed by atoms with E-state index in [1.54, 1.807) is 4.90 Å². The highest BCUT2D eigenvalue weighted by Gasteiger charge is 2.41. The molecule has 186 valence electrons. The molecule has 2 heterocycles. The Morgan fingerprint density at radius 3 is 2.46 bits per heavy atom. The Morgan fingerprint density at radius 1 is 1.11 bits per heavy atom. The molecule has 7 nitrogen and oxygen atoms in total. The van der Waals surface area contributed by atoms with E-state index in [1.165, 1.54) is 23.1 Å². The lowest BCUT2D eigenvalue weighted by atomic mass is 9.75. The molecule has 1 aliphatic carbocycles. The van der Waals surface area contributed by atoms with Crippen molar-refractivity contribution in [3.63, 3.8) is 0 Å². The van der Waals surface area contributed by atoms with Crippen LogP contribution in [0.3, 0.4) is 0 Å². The minimum Gasteiger partial charge on any atom is -0.384 e. The molecule has 0 saturated carbocycles. The molecular formula is C28H25N5O2S2. The van der Waals surface area contributed by atoms with Gasteiger partial charge in [0.15, 0.2) is 15.9 Å². The van der Waals surface area contributed by atoms with Gasteiger partial charge in [0.05, 0.1) is 23.3 Å². The molecular weight excluding hydrogens is 502 g/mol. The summed E-state index contributed by atoms with van der Waals surface area (Å²) in [5.41, 5.74) is 12.1. The molecule has 2 aliphatic rings. The smallest absolute Gasteiger partial charge is 0.219 e. The van der Waals surface area contributed by atoms with E-state index >= 15 is 0 Å². The predicted octanol–water partition coefficient (Wildman–Crippen LogP) is 5.43. The standard InChI is InChI=1S/C28H25N5O2S2/c1-16-6-10-18(11-7-16)23(35)15-36-28-32-31-27(37-28)33-21-4-3-5-22(34)25(21)24(20(14-29)26(33)30)19-12-8-17(2)9-13-19/h6-13,24H,3-5,15,30H2,1-2H3. The normalized spacial score (nSPS) is 17.6. The number of hydrogen-bond donors (Lipinski definition) is 1. The van der Waals surface area contributed by atoms with Crippen molar-refractivity contribution in [3.8, 4) is 6.07 Å². The number of Topliss-reactive ketones (excluding diaryl/α,β-unsaturated/α-hetero) is 2. The van der Waals surface area contributed by atoms with Crippen LogP contribution in [0, 0.1) is 25.2 Å². The Bertz CT molecular complexity index is 1480. The molecule has 9 heteroatoms. The molecule has 37 heavy (non-hydrogen) atoms. The molecule has 0 saturated heterocycles. The molecule has 0 radical (unpaired) electrons. The van der Waals surface area contributed by atoms with Gasteiger partial charge in [0.25, 0.3) is 0 Å². The minimum absolute atomic E-state index is 0.00899. The fraction of sp³-hybridized carbons (Fsp3) is 0.250. The molecule has 0 bridgehead atoms. The van der Waals surface area contributed by atoms with E-state index in [4.69, 9.17) is 5.73 Å². The van der Waals surface area contributed by atoms with Crippen molar-refractivity contribution < 1.29 is 9.59 Å². The summed E-state index contributed by atoms with van der Waals surface area (Å²) in [4.78, 5) is 27.6. The predicted molar refractivity (Wildman–Crippen MR) is 145 cm³/mol. The third-order valence-corrected chi connectivity index (χ3v) is 8.65. The van der Waals surface area contributed by atoms with Crippen LogP contribution in [0.1, 0.15) is 52.2 Å². The fourth-order valence-corrected chi connectivity index (χ4v) is 6.47. The Balaban J connectivity index is 1.47. The van der Waals surface area contributed by atoms with Gasteiger partial charge in [0.2, 0.25) is 5.13 Å². The van der Waals surface area contributed by atoms with Gasteiger partial charge >= 0.3 is 0 Å². The fourth-order valence-electron chi connectivity index (χ4n) is 4.70. The Morgan fingerprint density at radius 2 is 1.78 bits per heavy atom. The number of hydrogen-bond acceptors (Lipinski definition) is 9. The summed E-state index contributed by atoms with van der Waals surface area (Å²) in [6.07, 6.45) is 1.79. The lowest BCUT2D eigenvalue weighted by Crippen LogP contribution is -2.38. The molecule has 2 aromatic carbocycles. The topological polar surface area (TPSA) is 113 Å². The van der Waals surface area contributed by atoms with Crippen molar-refractivity contribution in [2.45, 2.75) is 43.4 Å². The number of nitriles is 1. The number of carbonyl (C=O) groups excluding carboxylic acids is 2. The van der Waals surface area contributed by atoms with Crippen molar-refractivity contribution in [1.82, 2.24) is 10.2 Å². The number of nitrogens with two attached hydrogens (primary N) is 1. The third kappa shape index (κ3) is 4.82. The first-order valence-electron chi connectivity index (χ1n) is 12.0. The summed E-state index contributed by atoms with van der Waals surface area (Å²) in [5, 5.41) is 19.2. The molecule has 0 spiro atoms. The van der Waals surface area contributed by atoms with Gasteiger partial charge in [-0.1, -0.05) is 82.8 Å². The van der Waals surface area contributed by atoms with E-state index in [0.717, 1.165) is 22.4 Å². The van der Waals surface area contributed by atoms with Gasteiger partial charge in [0, 0.05) is 23.3 Å². The summed E-state index contributed by atoms with van der Waals surface area (Å²) < 4.78 is 0.617. The van der Waals surface area contributed by atoms with Crippen LogP contribution in [0.15, 0.2) is 75.5 Å². The lowest BCUT2D eigenvalue weighted by Gasteiger charge is -2.38. The number of benzene rings is 2. The average molecular weight is 528 g/mol. The van der Waals surface area contributed by atoms with Crippen LogP contribution in [0.25, 0.3) is 0 Å². The quantitative estimate of drug-likeness (QED) is 0.333. The maximum absolute atomic E-state index is 13.2. The molecule has 0 amide bonds. The molecule has 2 N–H and O–H groups in total. The van der Waals surface area contributed by atoms with Gasteiger partial charge in [0.1, 0.15) is 5.82 Å². The van der Waals surface area contributed by atoms with Gasteiger partial charge < -0.3 is 5.73 Å². The van der Waals surface area contributed by atoms with Crippen LogP contribution in [0.2, 0.25) is 0 Å². The van der Waals surface area contributed by atoms with Gasteiger partial charge in [-0.25, -0.2) is 0 Å². The summed E-state index contributed by atoms with van der Waals surface area (Å²) in [7, 11) is 0. The summed E-state index contributed by atoms with van der Waals surface area (Å²) in [5.74, 6) is 0.0343. The number of aryl methyl sites for hydroxylation is 2. The Kier molecular flexibility index (Phi) is 6.96. The van der Waals surface area contributed by atoms with E-state index in [1.807, 2.05) is 62.4 Å². The Labute approximate surface area is 223 Å². The Hall–Kier alpha value is -3.74. The molecule has 0 fully saturated rings. The molecule has 1 aromatic heterocycles. The molecule has 5 rings (SSSR count). The molecule has 3 aromatic rings. The van der Waals surface area contributed by atoms with E-state index in [2.05, 4.69) is 16.3 Å². The van der Waals surface area contributed by atoms with E-state index in [9.17, 15) is 14.9 Å². The number of aromatic nitrogens is 2. The van der Waals surface area contributed by atoms with Crippen molar-refractivity contribution in [2.24, 2.45) is 5.73 Å². The van der Waals surface area contributed by atoms with Crippen molar-refractivity contribution in [2.75, 3.05) is 10.7 Å². The van der Waals surface area contributed by atoms with Crippen LogP contribution in [0.5, 0.6) is 0 Å². The van der Waals surface area contributed by atoms with E-state index in [-0.39, 0.29) is 23.1 Å². The maximum atomic E-state index is 13.2. The van der Waals surface area contributed by atoms with Gasteiger partial charge in [-0.05, 0) is 32.3 Å². The highest BCUT2D eigenvalue weighted by atomic mass is 32.2. The first-order valence-corrected chi connectivity index (χ1v) is 13.8. The largest absolute Gasteiger partial charge is 0.384 e. The highest BCUT2D eigenvalue weighted by Crippen LogP contribution is 2.47. The number of thioether (sulfide) groups is 1. The van der Waals surface area contributed by atoms with Crippen molar-refractivity contribution in [3.05, 3.63) is 93.4 Å². The van der Waals surface area contributed by atoms with Crippen molar-refractivity contribution in [1.29, 1.82) is 5.26 Å². The average Bonchev–Trinajstić information content (AvgIpc) is 3.36. The first-order chi connectivity index (χ1) is 17.9. The number of rotatable bonds is 6. The van der Waals surface area contributed by atoms with Crippen LogP contribution in [-0.4, -0.2) is 27.5 Å². The van der Waals surface area contributed by atoms with Crippen LogP contribution in [-0.2, 0) is 4.79 Å². The number of allylic oxidation sites excluding steroid dienone is 3. The zero-order chi connectivity index (χ0) is 26.1. The van der Waals surface area contributed by atoms with E-state index < -0.39 is 5.92 Å². The molecule has 1 aliphatic heterocycles. The lowest BCUT2D eigenvalue weighted by molar-refractivity contribution is -0.116. The highest BCUT2D eigenvalue weighted by molar-refractivity contribution is 8.01. The van der Waals surface area contributed by atoms with Gasteiger partial charge in [-0.2, -0.15) is 5.26 Å². The van der Waals surface area contributed by atoms with Crippen LogP contribution < -0.4 is 10.6 Å². The second kappa shape index (κ2) is 10.3. The zero-order valence-corrected chi connectivity index (χ0v) is 22.2. The second-order valence-corrected chi connectivity index (χ2v) is 11.3. The summed E-state index contributed by atoms with van der Waals surface area (Å²) >= 11 is 2.61. The van der Waals surface area contributed by atoms with Crippen molar-refractivity contribution >= 4 is 39.8 Å². The van der Waals surface area contributed by atoms with Crippen LogP contribution >= 0.6 is 23.1 Å². The number of nitrogens with zero attached hydrogens (tertiary/aromatic N) is 4. The second-order valence-electron chi connectivity index (χ2n) is 9.16. The summed E-state index contributed by atoms with van der Waals surface area (Å²) in [6.45, 7) is 3.98. The minimum atomic E-state index is -0.501. The number of carbonyl (C=O) groups is 2. The number of anilines is 1. The summed E-state index contributed by atoms with van der Waals surface area (Å²) in [6, 6.07) is 17.6. The molecule has 1 unspecified atom stereocenters. The zero-order valence-electron chi connectivity index (χ0n) is 20.5. The SMILES string of the molecule is Cc1ccc(C(=O)CSc2nnc(N3C(N)=C(C#N)C(c4ccc(C)cc4)C4=C3CCCC4=O)s2)cc1.